The minimum absolute atomic E-state index is 0.282. The lowest BCUT2D eigenvalue weighted by molar-refractivity contribution is -0.142. The molecule has 0 spiro atoms. The minimum atomic E-state index is -0.759. The monoisotopic (exact) mass is 220 g/mol. The van der Waals surface area contributed by atoms with Gasteiger partial charge in [-0.2, -0.15) is 0 Å². The van der Waals surface area contributed by atoms with Crippen LogP contribution < -0.4 is 10.6 Å². The Bertz CT molecular complexity index is 421. The van der Waals surface area contributed by atoms with Gasteiger partial charge in [-0.3, -0.25) is 9.59 Å². The zero-order chi connectivity index (χ0) is 11.7. The molecule has 84 valence electrons. The van der Waals surface area contributed by atoms with E-state index in [2.05, 4.69) is 0 Å². The maximum atomic E-state index is 10.8. The number of carbonyl (C=O) groups excluding carboxylic acids is 1. The molecule has 0 unspecified atom stereocenters. The molecule has 1 fully saturated rings. The zero-order valence-electron chi connectivity index (χ0n) is 8.59. The Balaban J connectivity index is 2.02. The maximum Gasteiger partial charge on any atom is 0.310 e. The number of carbonyl (C=O) groups is 2. The number of carboxylic acids is 1. The Hall–Kier alpha value is -2.04. The van der Waals surface area contributed by atoms with Gasteiger partial charge >= 0.3 is 5.97 Å². The number of amides is 1. The van der Waals surface area contributed by atoms with Crippen molar-refractivity contribution < 1.29 is 14.7 Å². The summed E-state index contributed by atoms with van der Waals surface area (Å²) in [5.41, 5.74) is 6.49. The Labute approximate surface area is 92.5 Å². The summed E-state index contributed by atoms with van der Waals surface area (Å²) in [6.45, 7) is 1.04. The molecule has 1 aromatic carbocycles. The molecule has 0 aromatic heterocycles. The van der Waals surface area contributed by atoms with Crippen molar-refractivity contribution in [1.82, 2.24) is 0 Å². The van der Waals surface area contributed by atoms with Crippen LogP contribution in [0.5, 0.6) is 0 Å². The average molecular weight is 220 g/mol. The molecule has 0 radical (unpaired) electrons. The summed E-state index contributed by atoms with van der Waals surface area (Å²) in [6.07, 6.45) is 0. The van der Waals surface area contributed by atoms with E-state index in [0.717, 1.165) is 5.69 Å². The normalized spacial score (nSPS) is 15.6. The first-order valence-electron chi connectivity index (χ1n) is 4.95. The van der Waals surface area contributed by atoms with Crippen molar-refractivity contribution in [2.45, 2.75) is 0 Å². The van der Waals surface area contributed by atoms with Crippen LogP contribution in [-0.4, -0.2) is 30.1 Å². The number of nitrogens with two attached hydrogens (primary N) is 1. The minimum Gasteiger partial charge on any atom is -0.481 e. The Morgan fingerprint density at radius 3 is 2.25 bits per heavy atom. The number of aliphatic carboxylic acids is 1. The zero-order valence-corrected chi connectivity index (χ0v) is 8.59. The second kappa shape index (κ2) is 3.84. The van der Waals surface area contributed by atoms with Crippen LogP contribution in [0, 0.1) is 5.92 Å². The summed E-state index contributed by atoms with van der Waals surface area (Å²) >= 11 is 0. The Kier molecular flexibility index (Phi) is 2.52. The van der Waals surface area contributed by atoms with Gasteiger partial charge in [-0.05, 0) is 24.3 Å². The fourth-order valence-electron chi connectivity index (χ4n) is 1.68. The Morgan fingerprint density at radius 1 is 1.25 bits per heavy atom. The third kappa shape index (κ3) is 1.84. The molecule has 0 atom stereocenters. The first kappa shape index (κ1) is 10.5. The van der Waals surface area contributed by atoms with Crippen LogP contribution in [-0.2, 0) is 4.79 Å². The van der Waals surface area contributed by atoms with Gasteiger partial charge in [0.1, 0.15) is 0 Å². The predicted molar refractivity (Wildman–Crippen MR) is 58.3 cm³/mol. The van der Waals surface area contributed by atoms with E-state index < -0.39 is 11.9 Å². The van der Waals surface area contributed by atoms with Crippen LogP contribution in [0.15, 0.2) is 24.3 Å². The number of benzene rings is 1. The van der Waals surface area contributed by atoms with E-state index in [-0.39, 0.29) is 5.92 Å². The summed E-state index contributed by atoms with van der Waals surface area (Å²) in [5.74, 6) is -1.50. The van der Waals surface area contributed by atoms with Crippen molar-refractivity contribution in [3.8, 4) is 0 Å². The molecule has 0 bridgehead atoms. The van der Waals surface area contributed by atoms with Gasteiger partial charge in [0, 0.05) is 24.3 Å². The quantitative estimate of drug-likeness (QED) is 0.767. The SMILES string of the molecule is NC(=O)c1ccc(N2CC(C(=O)O)C2)cc1. The van der Waals surface area contributed by atoms with Gasteiger partial charge in [0.05, 0.1) is 5.92 Å². The molecular formula is C11H12N2O3. The van der Waals surface area contributed by atoms with E-state index in [9.17, 15) is 9.59 Å². The van der Waals surface area contributed by atoms with Gasteiger partial charge in [-0.15, -0.1) is 0 Å². The molecule has 2 rings (SSSR count). The largest absolute Gasteiger partial charge is 0.481 e. The van der Waals surface area contributed by atoms with Crippen LogP contribution in [0.25, 0.3) is 0 Å². The lowest BCUT2D eigenvalue weighted by Crippen LogP contribution is -2.50. The molecule has 1 amide bonds. The van der Waals surface area contributed by atoms with Gasteiger partial charge in [0.25, 0.3) is 0 Å². The number of nitrogens with zero attached hydrogens (tertiary/aromatic N) is 1. The van der Waals surface area contributed by atoms with Gasteiger partial charge in [-0.1, -0.05) is 0 Å². The van der Waals surface area contributed by atoms with Gasteiger partial charge in [-0.25, -0.2) is 0 Å². The molecule has 1 aliphatic heterocycles. The average Bonchev–Trinajstić information content (AvgIpc) is 2.15. The van der Waals surface area contributed by atoms with Crippen LogP contribution in [0.4, 0.5) is 5.69 Å². The maximum absolute atomic E-state index is 10.8. The highest BCUT2D eigenvalue weighted by Gasteiger charge is 2.32. The molecule has 5 nitrogen and oxygen atoms in total. The van der Waals surface area contributed by atoms with Crippen LogP contribution >= 0.6 is 0 Å². The van der Waals surface area contributed by atoms with Crippen LogP contribution in [0.1, 0.15) is 10.4 Å². The molecule has 1 saturated heterocycles. The molecule has 5 heteroatoms. The van der Waals surface area contributed by atoms with Crippen molar-refractivity contribution >= 4 is 17.6 Å². The van der Waals surface area contributed by atoms with Crippen molar-refractivity contribution in [3.63, 3.8) is 0 Å². The van der Waals surface area contributed by atoms with Gasteiger partial charge < -0.3 is 15.7 Å². The predicted octanol–water partition coefficient (Wildman–Crippen LogP) is 0.306. The molecule has 1 aliphatic rings. The number of hydrogen-bond donors (Lipinski definition) is 2. The summed E-state index contributed by atoms with van der Waals surface area (Å²) in [5, 5.41) is 8.73. The molecule has 0 aliphatic carbocycles. The molecule has 1 heterocycles. The van der Waals surface area contributed by atoms with E-state index >= 15 is 0 Å². The van der Waals surface area contributed by atoms with Crippen molar-refractivity contribution in [2.24, 2.45) is 11.7 Å². The van der Waals surface area contributed by atoms with Crippen LogP contribution in [0.3, 0.4) is 0 Å². The number of carboxylic acid groups (broad SMARTS) is 1. The van der Waals surface area contributed by atoms with E-state index in [0.29, 0.717) is 18.7 Å². The fourth-order valence-corrected chi connectivity index (χ4v) is 1.68. The van der Waals surface area contributed by atoms with Crippen molar-refractivity contribution in [2.75, 3.05) is 18.0 Å². The Morgan fingerprint density at radius 2 is 1.81 bits per heavy atom. The second-order valence-electron chi connectivity index (χ2n) is 3.85. The number of hydrogen-bond acceptors (Lipinski definition) is 3. The number of anilines is 1. The van der Waals surface area contributed by atoms with Gasteiger partial charge in [0.15, 0.2) is 0 Å². The summed E-state index contributed by atoms with van der Waals surface area (Å²) in [4.78, 5) is 23.4. The van der Waals surface area contributed by atoms with E-state index in [1.807, 2.05) is 4.90 Å². The molecular weight excluding hydrogens is 208 g/mol. The molecule has 3 N–H and O–H groups in total. The topological polar surface area (TPSA) is 83.6 Å². The summed E-state index contributed by atoms with van der Waals surface area (Å²) in [7, 11) is 0. The summed E-state index contributed by atoms with van der Waals surface area (Å²) in [6, 6.07) is 6.84. The van der Waals surface area contributed by atoms with Crippen LogP contribution in [0.2, 0.25) is 0 Å². The highest BCUT2D eigenvalue weighted by atomic mass is 16.4. The van der Waals surface area contributed by atoms with E-state index in [4.69, 9.17) is 10.8 Å². The fraction of sp³-hybridized carbons (Fsp3) is 0.273. The van der Waals surface area contributed by atoms with Crippen molar-refractivity contribution in [3.05, 3.63) is 29.8 Å². The number of rotatable bonds is 3. The van der Waals surface area contributed by atoms with Gasteiger partial charge in [0.2, 0.25) is 5.91 Å². The molecule has 1 aromatic rings. The lowest BCUT2D eigenvalue weighted by Gasteiger charge is -2.38. The second-order valence-corrected chi connectivity index (χ2v) is 3.85. The third-order valence-electron chi connectivity index (χ3n) is 2.75. The third-order valence-corrected chi connectivity index (χ3v) is 2.75. The highest BCUT2D eigenvalue weighted by molar-refractivity contribution is 5.93. The summed E-state index contributed by atoms with van der Waals surface area (Å²) < 4.78 is 0. The highest BCUT2D eigenvalue weighted by Crippen LogP contribution is 2.24. The van der Waals surface area contributed by atoms with E-state index in [1.54, 1.807) is 24.3 Å². The van der Waals surface area contributed by atoms with E-state index in [1.165, 1.54) is 0 Å². The molecule has 16 heavy (non-hydrogen) atoms. The lowest BCUT2D eigenvalue weighted by atomic mass is 9.99. The first-order chi connectivity index (χ1) is 7.58. The molecule has 0 saturated carbocycles. The van der Waals surface area contributed by atoms with Crippen molar-refractivity contribution in [1.29, 1.82) is 0 Å². The smallest absolute Gasteiger partial charge is 0.310 e. The first-order valence-corrected chi connectivity index (χ1v) is 4.95. The standard InChI is InChI=1S/C11H12N2O3/c12-10(14)7-1-3-9(4-2-7)13-5-8(6-13)11(15)16/h1-4,8H,5-6H2,(H2,12,14)(H,15,16). The number of primary amides is 1.